The summed E-state index contributed by atoms with van der Waals surface area (Å²) in [4.78, 5) is 5.14. The molecule has 27 rings (SSSR count). The molecule has 682 valence electrons. The van der Waals surface area contributed by atoms with Gasteiger partial charge in [-0.1, -0.05) is 528 Å². The first kappa shape index (κ1) is 86.3. The van der Waals surface area contributed by atoms with Gasteiger partial charge in [-0.3, -0.25) is 0 Å². The maximum atomic E-state index is 2.58. The average molecular weight is 1850 g/mol. The van der Waals surface area contributed by atoms with Crippen LogP contribution < -0.4 is 9.80 Å². The van der Waals surface area contributed by atoms with Crippen molar-refractivity contribution in [3.8, 4) is 134 Å². The van der Waals surface area contributed by atoms with Gasteiger partial charge in [-0.15, -0.1) is 0 Å². The normalized spacial score (nSPS) is 12.5. The van der Waals surface area contributed by atoms with E-state index in [2.05, 4.69) is 592 Å². The van der Waals surface area contributed by atoms with Crippen LogP contribution in [0.15, 0.2) is 582 Å². The summed E-state index contributed by atoms with van der Waals surface area (Å²) in [6.07, 6.45) is 0. The monoisotopic (exact) mass is 1850 g/mol. The lowest BCUT2D eigenvalue weighted by Crippen LogP contribution is -2.28. The Morgan fingerprint density at radius 2 is 0.349 bits per heavy atom. The molecule has 25 aromatic rings. The minimum absolute atomic E-state index is 0.566. The molecule has 2 nitrogen and oxygen atoms in total. The van der Waals surface area contributed by atoms with Gasteiger partial charge in [0.15, 0.2) is 0 Å². The summed E-state index contributed by atoms with van der Waals surface area (Å²) in [5, 5.41) is 9.46. The number of hydrogen-bond acceptors (Lipinski definition) is 2. The van der Waals surface area contributed by atoms with Gasteiger partial charge in [0, 0.05) is 44.6 Å². The van der Waals surface area contributed by atoms with Gasteiger partial charge >= 0.3 is 0 Å². The molecule has 0 atom stereocenters. The minimum Gasteiger partial charge on any atom is -0.309 e. The second kappa shape index (κ2) is 36.3. The molecule has 0 unspecified atom stereocenters. The van der Waals surface area contributed by atoms with E-state index in [9.17, 15) is 0 Å². The molecule has 146 heavy (non-hydrogen) atoms. The highest BCUT2D eigenvalue weighted by Gasteiger charge is 2.48. The summed E-state index contributed by atoms with van der Waals surface area (Å²) < 4.78 is 0. The van der Waals surface area contributed by atoms with Gasteiger partial charge in [0.1, 0.15) is 0 Å². The SMILES string of the molecule is c1ccc(-c2ccc(-c3ccc(N(c4ccc5c(c4)-c4ccccc4C5(c4ccccc4)c4ccccc4)c4c(-c5cccc(-c6ccc(-c7ccc(-c8ccc(-c9ccc(N(c%10ccc%11c(c%10)-c%10ccccc%10C%11(c%10ccccc%10)c%10ccccc%10)c%10c(-c%11ccc(-c%12ccccc%12)cc%11)c%11ccccc%11c%11ccccc%10%11)cc9-c9ccccc9)cc8)cc7)cc6)c5)c5ccccc5c5ccccc45)cc3)cc2)cc1. The third-order valence-corrected chi connectivity index (χ3v) is 30.9. The highest BCUT2D eigenvalue weighted by atomic mass is 15.2. The van der Waals surface area contributed by atoms with E-state index in [4.69, 9.17) is 0 Å². The molecule has 0 saturated carbocycles. The Labute approximate surface area is 852 Å². The predicted octanol–water partition coefficient (Wildman–Crippen LogP) is 38.6. The van der Waals surface area contributed by atoms with Gasteiger partial charge in [-0.2, -0.15) is 0 Å². The van der Waals surface area contributed by atoms with Crippen molar-refractivity contribution in [2.75, 3.05) is 9.80 Å². The lowest BCUT2D eigenvalue weighted by atomic mass is 9.68. The smallest absolute Gasteiger partial charge is 0.0713 e. The third-order valence-electron chi connectivity index (χ3n) is 30.9. The van der Waals surface area contributed by atoms with Crippen molar-refractivity contribution < 1.29 is 0 Å². The van der Waals surface area contributed by atoms with Crippen molar-refractivity contribution in [3.05, 3.63) is 627 Å². The Morgan fingerprint density at radius 1 is 0.116 bits per heavy atom. The highest BCUT2D eigenvalue weighted by Crippen LogP contribution is 2.62. The van der Waals surface area contributed by atoms with Gasteiger partial charge in [-0.05, 0) is 254 Å². The van der Waals surface area contributed by atoms with Crippen molar-refractivity contribution in [2.24, 2.45) is 0 Å². The van der Waals surface area contributed by atoms with Crippen LogP contribution in [0.4, 0.5) is 34.1 Å². The van der Waals surface area contributed by atoms with Crippen LogP contribution in [0.25, 0.3) is 177 Å². The molecule has 0 bridgehead atoms. The van der Waals surface area contributed by atoms with E-state index >= 15 is 0 Å². The molecule has 0 spiro atoms. The largest absolute Gasteiger partial charge is 0.309 e. The zero-order valence-corrected chi connectivity index (χ0v) is 80.3. The molecule has 0 amide bonds. The first-order chi connectivity index (χ1) is 72.4. The topological polar surface area (TPSA) is 6.48 Å². The van der Waals surface area contributed by atoms with Crippen LogP contribution in [-0.4, -0.2) is 0 Å². The zero-order valence-electron chi connectivity index (χ0n) is 80.3. The molecule has 0 N–H and O–H groups in total. The Balaban J connectivity index is 0.543. The van der Waals surface area contributed by atoms with Gasteiger partial charge in [0.05, 0.1) is 22.2 Å². The summed E-state index contributed by atoms with van der Waals surface area (Å²) in [7, 11) is 0. The van der Waals surface area contributed by atoms with E-state index in [1.165, 1.54) is 121 Å². The van der Waals surface area contributed by atoms with E-state index in [1.54, 1.807) is 0 Å². The molecule has 0 aliphatic heterocycles. The molecule has 0 fully saturated rings. The fraction of sp³-hybridized carbons (Fsp3) is 0.0139. The number of nitrogens with zero attached hydrogens (tertiary/aromatic N) is 2. The van der Waals surface area contributed by atoms with Gasteiger partial charge in [-0.25, -0.2) is 0 Å². The standard InChI is InChI=1S/C144H96N2/c1-8-35-97(36-9-1)99-63-65-104(66-64-99)106-83-85-117(86-84-106)145(119-88-91-137-133(95-119)126-55-30-32-61-135(126)143(137,113-43-14-4-15-44-113)114-45-16-5-17-46-114)142-131-60-29-25-54-125(131)123-52-23-27-58-129(123)140(142)112-42-34-41-111(93-112)107-73-71-103(72-74-107)101-67-69-102(70-68-101)105-75-79-109(80-76-105)121-90-87-118(94-132(121)108-39-12-3-13-40-108)146(120-89-92-138-134(96-120)127-56-31-33-62-136(127)144(138,115-47-18-6-19-48-115)116-49-20-7-21-50-116)141-130-59-28-24-53-124(130)122-51-22-26-57-128(122)139(141)110-81-77-100(78-82-110)98-37-10-2-11-38-98/h1-96H. The highest BCUT2D eigenvalue weighted by molar-refractivity contribution is 6.25. The van der Waals surface area contributed by atoms with E-state index in [1.807, 2.05) is 0 Å². The van der Waals surface area contributed by atoms with Crippen molar-refractivity contribution >= 4 is 77.2 Å². The van der Waals surface area contributed by atoms with Crippen LogP contribution in [0.3, 0.4) is 0 Å². The van der Waals surface area contributed by atoms with E-state index in [0.717, 1.165) is 134 Å². The molecule has 2 heteroatoms. The number of anilines is 6. The number of rotatable bonds is 20. The Morgan fingerprint density at radius 3 is 0.733 bits per heavy atom. The van der Waals surface area contributed by atoms with Gasteiger partial charge in [0.2, 0.25) is 0 Å². The lowest BCUT2D eigenvalue weighted by molar-refractivity contribution is 0.768. The number of benzene rings is 25. The molecule has 0 saturated heterocycles. The molecule has 0 heterocycles. The van der Waals surface area contributed by atoms with Gasteiger partial charge in [0.25, 0.3) is 0 Å². The van der Waals surface area contributed by atoms with Crippen LogP contribution in [-0.2, 0) is 10.8 Å². The van der Waals surface area contributed by atoms with Crippen LogP contribution in [0.1, 0.15) is 44.5 Å². The molecular formula is C144H96N2. The second-order valence-corrected chi connectivity index (χ2v) is 38.7. The fourth-order valence-electron chi connectivity index (χ4n) is 24.2. The van der Waals surface area contributed by atoms with E-state index in [0.29, 0.717) is 0 Å². The summed E-state index contributed by atoms with van der Waals surface area (Å²) in [5.74, 6) is 0. The van der Waals surface area contributed by atoms with Crippen molar-refractivity contribution in [1.29, 1.82) is 0 Å². The van der Waals surface area contributed by atoms with Crippen molar-refractivity contribution in [2.45, 2.75) is 10.8 Å². The zero-order chi connectivity index (χ0) is 96.6. The number of fused-ring (bicyclic) bond motifs is 12. The van der Waals surface area contributed by atoms with Crippen molar-refractivity contribution in [1.82, 2.24) is 0 Å². The molecule has 0 aromatic heterocycles. The second-order valence-electron chi connectivity index (χ2n) is 38.7. The Bertz CT molecular complexity index is 9170. The summed E-state index contributed by atoms with van der Waals surface area (Å²) >= 11 is 0. The molecule has 0 radical (unpaired) electrons. The van der Waals surface area contributed by atoms with Gasteiger partial charge < -0.3 is 9.80 Å². The molecule has 25 aromatic carbocycles. The number of hydrogen-bond donors (Lipinski definition) is 0. The van der Waals surface area contributed by atoms with Crippen LogP contribution in [0, 0.1) is 0 Å². The maximum Gasteiger partial charge on any atom is 0.0713 e. The van der Waals surface area contributed by atoms with Crippen LogP contribution in [0.2, 0.25) is 0 Å². The van der Waals surface area contributed by atoms with Crippen molar-refractivity contribution in [3.63, 3.8) is 0 Å². The van der Waals surface area contributed by atoms with E-state index in [-0.39, 0.29) is 0 Å². The molecule has 2 aliphatic rings. The quantitative estimate of drug-likeness (QED) is 0.0702. The predicted molar refractivity (Wildman–Crippen MR) is 615 cm³/mol. The molecular weight excluding hydrogens is 1760 g/mol. The Kier molecular flexibility index (Phi) is 21.5. The average Bonchev–Trinajstić information content (AvgIpc) is 1.53. The summed E-state index contributed by atoms with van der Waals surface area (Å²) in [6.45, 7) is 0. The summed E-state index contributed by atoms with van der Waals surface area (Å²) in [5.41, 5.74) is 43.2. The van der Waals surface area contributed by atoms with Crippen LogP contribution >= 0.6 is 0 Å². The summed E-state index contributed by atoms with van der Waals surface area (Å²) in [6, 6.07) is 217. The first-order valence-corrected chi connectivity index (χ1v) is 50.6. The maximum absolute atomic E-state index is 2.58. The van der Waals surface area contributed by atoms with Crippen LogP contribution in [0.5, 0.6) is 0 Å². The minimum atomic E-state index is -0.580. The fourth-order valence-corrected chi connectivity index (χ4v) is 24.2. The Hall–Kier alpha value is -18.9. The lowest BCUT2D eigenvalue weighted by Gasteiger charge is -2.34. The third kappa shape index (κ3) is 14.5. The van der Waals surface area contributed by atoms with E-state index < -0.39 is 10.8 Å². The first-order valence-electron chi connectivity index (χ1n) is 50.6. The molecule has 2 aliphatic carbocycles.